The van der Waals surface area contributed by atoms with Crippen molar-refractivity contribution < 1.29 is 4.74 Å². The summed E-state index contributed by atoms with van der Waals surface area (Å²) in [5.74, 6) is 0.503. The van der Waals surface area contributed by atoms with Gasteiger partial charge in [0.05, 0.1) is 12.3 Å². The highest BCUT2D eigenvalue weighted by Crippen LogP contribution is 2.44. The molecule has 1 aromatic heterocycles. The topological polar surface area (TPSA) is 25.0 Å². The average Bonchev–Trinajstić information content (AvgIpc) is 2.86. The summed E-state index contributed by atoms with van der Waals surface area (Å²) in [6.07, 6.45) is 4.26. The van der Waals surface area contributed by atoms with Gasteiger partial charge >= 0.3 is 0 Å². The number of benzene rings is 1. The summed E-state index contributed by atoms with van der Waals surface area (Å²) in [7, 11) is 0. The summed E-state index contributed by atoms with van der Waals surface area (Å²) in [5.41, 5.74) is 5.38. The maximum Gasteiger partial charge on any atom is 0.108 e. The van der Waals surface area contributed by atoms with E-state index in [0.29, 0.717) is 5.92 Å². The molecule has 1 atom stereocenters. The highest BCUT2D eigenvalue weighted by atomic mass is 79.9. The van der Waals surface area contributed by atoms with Crippen molar-refractivity contribution in [2.75, 3.05) is 6.61 Å². The van der Waals surface area contributed by atoms with Gasteiger partial charge in [0.1, 0.15) is 5.60 Å². The van der Waals surface area contributed by atoms with Crippen molar-refractivity contribution in [1.29, 1.82) is 0 Å². The molecule has 1 aromatic carbocycles. The van der Waals surface area contributed by atoms with Gasteiger partial charge in [0.25, 0.3) is 0 Å². The Labute approximate surface area is 141 Å². The van der Waals surface area contributed by atoms with Gasteiger partial charge in [-0.2, -0.15) is 0 Å². The van der Waals surface area contributed by atoms with Crippen molar-refractivity contribution in [1.82, 2.24) is 4.98 Å². The van der Waals surface area contributed by atoms with Crippen LogP contribution in [0.3, 0.4) is 0 Å². The number of H-pyrrole nitrogens is 1. The van der Waals surface area contributed by atoms with Gasteiger partial charge in [0.15, 0.2) is 0 Å². The van der Waals surface area contributed by atoms with Crippen LogP contribution in [-0.2, 0) is 16.8 Å². The second kappa shape index (κ2) is 6.01. The molecule has 1 N–H and O–H groups in total. The molecule has 3 heteroatoms. The smallest absolute Gasteiger partial charge is 0.108 e. The number of hydrogen-bond donors (Lipinski definition) is 1. The van der Waals surface area contributed by atoms with Crippen LogP contribution in [0, 0.1) is 0 Å². The Bertz CT molecular complexity index is 688. The van der Waals surface area contributed by atoms with Crippen molar-refractivity contribution >= 4 is 26.8 Å². The third-order valence-electron chi connectivity index (χ3n) is 5.04. The number of halogens is 1. The zero-order chi connectivity index (χ0) is 15.9. The molecule has 2 nitrogen and oxygen atoms in total. The first-order chi connectivity index (χ1) is 10.5. The van der Waals surface area contributed by atoms with Gasteiger partial charge in [-0.1, -0.05) is 50.0 Å². The Morgan fingerprint density at radius 1 is 1.32 bits per heavy atom. The summed E-state index contributed by atoms with van der Waals surface area (Å²) in [5, 5.41) is 1.38. The molecule has 3 rings (SSSR count). The van der Waals surface area contributed by atoms with Crippen LogP contribution >= 0.6 is 15.9 Å². The van der Waals surface area contributed by atoms with E-state index >= 15 is 0 Å². The Morgan fingerprint density at radius 3 is 2.73 bits per heavy atom. The van der Waals surface area contributed by atoms with E-state index in [1.807, 2.05) is 0 Å². The summed E-state index contributed by atoms with van der Waals surface area (Å²) in [6.45, 7) is 9.84. The van der Waals surface area contributed by atoms with Gasteiger partial charge in [-0.15, -0.1) is 0 Å². The molecule has 0 saturated heterocycles. The number of ether oxygens (including phenoxy) is 1. The summed E-state index contributed by atoms with van der Waals surface area (Å²) < 4.78 is 7.47. The monoisotopic (exact) mass is 363 g/mol. The minimum atomic E-state index is -0.123. The SMILES string of the molecule is CCCC1(CC)OCCc2c1[nH]c1c(C(C)C)cc(Br)cc21. The first-order valence-corrected chi connectivity index (χ1v) is 9.30. The predicted molar refractivity (Wildman–Crippen MR) is 96.6 cm³/mol. The lowest BCUT2D eigenvalue weighted by atomic mass is 9.85. The fraction of sp³-hybridized carbons (Fsp3) is 0.579. The maximum atomic E-state index is 6.30. The molecule has 0 amide bonds. The Morgan fingerprint density at radius 2 is 2.09 bits per heavy atom. The van der Waals surface area contributed by atoms with E-state index in [-0.39, 0.29) is 5.60 Å². The largest absolute Gasteiger partial charge is 0.368 e. The number of aromatic nitrogens is 1. The molecule has 0 radical (unpaired) electrons. The number of rotatable bonds is 4. The second-order valence-corrected chi connectivity index (χ2v) is 7.66. The highest BCUT2D eigenvalue weighted by Gasteiger charge is 2.38. The summed E-state index contributed by atoms with van der Waals surface area (Å²) in [4.78, 5) is 3.77. The van der Waals surface area contributed by atoms with Gasteiger partial charge < -0.3 is 9.72 Å². The second-order valence-electron chi connectivity index (χ2n) is 6.75. The summed E-state index contributed by atoms with van der Waals surface area (Å²) in [6, 6.07) is 4.53. The van der Waals surface area contributed by atoms with Crippen LogP contribution in [0.2, 0.25) is 0 Å². The molecule has 0 fully saturated rings. The Balaban J connectivity index is 2.29. The molecule has 1 aliphatic heterocycles. The fourth-order valence-electron chi connectivity index (χ4n) is 3.92. The van der Waals surface area contributed by atoms with Crippen LogP contribution in [-0.4, -0.2) is 11.6 Å². The van der Waals surface area contributed by atoms with Crippen LogP contribution < -0.4 is 0 Å². The minimum absolute atomic E-state index is 0.123. The number of aromatic amines is 1. The highest BCUT2D eigenvalue weighted by molar-refractivity contribution is 9.10. The van der Waals surface area contributed by atoms with Crippen LogP contribution in [0.25, 0.3) is 10.9 Å². The third kappa shape index (κ3) is 2.43. The van der Waals surface area contributed by atoms with E-state index in [2.05, 4.69) is 60.7 Å². The van der Waals surface area contributed by atoms with Crippen molar-refractivity contribution in [2.24, 2.45) is 0 Å². The average molecular weight is 364 g/mol. The molecule has 1 aliphatic rings. The van der Waals surface area contributed by atoms with E-state index in [4.69, 9.17) is 4.74 Å². The van der Waals surface area contributed by atoms with Crippen molar-refractivity contribution in [2.45, 2.75) is 64.9 Å². The lowest BCUT2D eigenvalue weighted by Crippen LogP contribution is -2.35. The predicted octanol–water partition coefficient (Wildman–Crippen LogP) is 6.03. The van der Waals surface area contributed by atoms with Crippen LogP contribution in [0.15, 0.2) is 16.6 Å². The molecule has 0 aliphatic carbocycles. The molecular formula is C19H26BrNO. The van der Waals surface area contributed by atoms with E-state index in [1.165, 1.54) is 32.2 Å². The lowest BCUT2D eigenvalue weighted by molar-refractivity contribution is -0.0723. The molecule has 22 heavy (non-hydrogen) atoms. The fourth-order valence-corrected chi connectivity index (χ4v) is 4.40. The minimum Gasteiger partial charge on any atom is -0.368 e. The standard InChI is InChI=1S/C19H26BrNO/c1-5-8-19(6-2)18-14(7-9-22-19)16-11-13(20)10-15(12(3)4)17(16)21-18/h10-12,21H,5-9H2,1-4H3. The van der Waals surface area contributed by atoms with E-state index in [0.717, 1.165) is 32.3 Å². The zero-order valence-corrected chi connectivity index (χ0v) is 15.6. The van der Waals surface area contributed by atoms with Crippen LogP contribution in [0.1, 0.15) is 69.7 Å². The van der Waals surface area contributed by atoms with Crippen LogP contribution in [0.5, 0.6) is 0 Å². The first kappa shape index (κ1) is 16.1. The van der Waals surface area contributed by atoms with E-state index in [9.17, 15) is 0 Å². The number of nitrogens with one attached hydrogen (secondary N) is 1. The van der Waals surface area contributed by atoms with E-state index in [1.54, 1.807) is 0 Å². The van der Waals surface area contributed by atoms with Crippen molar-refractivity contribution in [3.63, 3.8) is 0 Å². The van der Waals surface area contributed by atoms with Crippen molar-refractivity contribution in [3.8, 4) is 0 Å². The molecule has 2 heterocycles. The molecule has 0 saturated carbocycles. The molecular weight excluding hydrogens is 338 g/mol. The van der Waals surface area contributed by atoms with Gasteiger partial charge in [-0.25, -0.2) is 0 Å². The molecule has 120 valence electrons. The normalized spacial score (nSPS) is 21.5. The summed E-state index contributed by atoms with van der Waals surface area (Å²) >= 11 is 3.70. The quantitative estimate of drug-likeness (QED) is 0.704. The molecule has 2 aromatic rings. The van der Waals surface area contributed by atoms with Gasteiger partial charge in [-0.05, 0) is 48.4 Å². The lowest BCUT2D eigenvalue weighted by Gasteiger charge is -2.36. The van der Waals surface area contributed by atoms with Crippen molar-refractivity contribution in [3.05, 3.63) is 33.4 Å². The van der Waals surface area contributed by atoms with Gasteiger partial charge in [0, 0.05) is 15.4 Å². The third-order valence-corrected chi connectivity index (χ3v) is 5.50. The van der Waals surface area contributed by atoms with E-state index < -0.39 is 0 Å². The number of fused-ring (bicyclic) bond motifs is 3. The zero-order valence-electron chi connectivity index (χ0n) is 14.1. The Hall–Kier alpha value is -0.800. The maximum absolute atomic E-state index is 6.30. The van der Waals surface area contributed by atoms with Crippen LogP contribution in [0.4, 0.5) is 0 Å². The van der Waals surface area contributed by atoms with Gasteiger partial charge in [-0.3, -0.25) is 0 Å². The van der Waals surface area contributed by atoms with Gasteiger partial charge in [0.2, 0.25) is 0 Å². The number of hydrogen-bond acceptors (Lipinski definition) is 1. The molecule has 0 bridgehead atoms. The molecule has 0 spiro atoms. The first-order valence-electron chi connectivity index (χ1n) is 8.50. The Kier molecular flexibility index (Phi) is 4.39. The molecule has 1 unspecified atom stereocenters.